The number of fused-ring (bicyclic) bond motifs is 1. The van der Waals surface area contributed by atoms with E-state index in [-0.39, 0.29) is 40.0 Å². The Kier molecular flexibility index (Phi) is 9.11. The largest absolute Gasteiger partial charge is 0.506 e. The Bertz CT molecular complexity index is 1210. The summed E-state index contributed by atoms with van der Waals surface area (Å²) in [5.41, 5.74) is -1.85. The molecule has 6 N–H and O–H groups in total. The molecular formula is C27H34O11. The van der Waals surface area contributed by atoms with Crippen LogP contribution >= 0.6 is 0 Å². The van der Waals surface area contributed by atoms with Crippen LogP contribution in [0.4, 0.5) is 0 Å². The van der Waals surface area contributed by atoms with Gasteiger partial charge in [-0.3, -0.25) is 4.79 Å². The lowest BCUT2D eigenvalue weighted by molar-refractivity contribution is -0.315. The predicted octanol–water partition coefficient (Wildman–Crippen LogP) is 1.70. The molecule has 0 amide bonds. The lowest BCUT2D eigenvalue weighted by Crippen LogP contribution is -2.67. The van der Waals surface area contributed by atoms with Gasteiger partial charge >= 0.3 is 5.97 Å². The summed E-state index contributed by atoms with van der Waals surface area (Å²) in [7, 11) is 0. The number of Topliss-reactive ketones (excluding diaryl/α,β-unsaturated/α-hetero) is 1. The van der Waals surface area contributed by atoms with Gasteiger partial charge in [0, 0.05) is 6.42 Å². The molecule has 1 saturated heterocycles. The molecule has 0 saturated carbocycles. The third-order valence-corrected chi connectivity index (χ3v) is 7.17. The number of aliphatic hydroxyl groups excluding tert-OH is 3. The van der Waals surface area contributed by atoms with Crippen molar-refractivity contribution >= 4 is 28.8 Å². The molecule has 0 bridgehead atoms. The first-order chi connectivity index (χ1) is 17.8. The van der Waals surface area contributed by atoms with Gasteiger partial charge < -0.3 is 44.9 Å². The molecule has 11 nitrogen and oxygen atoms in total. The van der Waals surface area contributed by atoms with E-state index in [0.29, 0.717) is 24.8 Å². The summed E-state index contributed by atoms with van der Waals surface area (Å²) in [5, 5.41) is 63.6. The average molecular weight is 535 g/mol. The summed E-state index contributed by atoms with van der Waals surface area (Å²) in [5.74, 6) is -2.44. The van der Waals surface area contributed by atoms with Gasteiger partial charge in [-0.1, -0.05) is 13.0 Å². The Labute approximate surface area is 219 Å². The highest BCUT2D eigenvalue weighted by Gasteiger charge is 2.55. The normalized spacial score (nSPS) is 26.2. The van der Waals surface area contributed by atoms with E-state index in [9.17, 15) is 45.0 Å². The molecular weight excluding hydrogens is 500 g/mol. The second kappa shape index (κ2) is 11.7. The number of aromatic carboxylic acids is 1. The van der Waals surface area contributed by atoms with E-state index in [1.54, 1.807) is 6.92 Å². The number of phenols is 1. The van der Waals surface area contributed by atoms with Gasteiger partial charge in [-0.15, -0.1) is 0 Å². The number of aromatic hydroxyl groups is 1. The van der Waals surface area contributed by atoms with Crippen LogP contribution in [-0.4, -0.2) is 85.5 Å². The van der Waals surface area contributed by atoms with Crippen molar-refractivity contribution in [2.75, 3.05) is 6.61 Å². The molecule has 208 valence electrons. The van der Waals surface area contributed by atoms with Crippen molar-refractivity contribution in [3.63, 3.8) is 0 Å². The first kappa shape index (κ1) is 29.5. The van der Waals surface area contributed by atoms with Gasteiger partial charge in [0.15, 0.2) is 5.78 Å². The number of carbonyl (C=O) groups excluding carboxylic acids is 2. The number of phenolic OH excluding ortho intramolecular Hbond substituents is 1. The van der Waals surface area contributed by atoms with E-state index in [1.807, 2.05) is 6.92 Å². The maximum Gasteiger partial charge on any atom is 0.335 e. The molecule has 1 aliphatic heterocycles. The van der Waals surface area contributed by atoms with Crippen LogP contribution in [0.5, 0.6) is 11.5 Å². The zero-order valence-electron chi connectivity index (χ0n) is 21.5. The Hall–Kier alpha value is -3.09. The Balaban J connectivity index is 1.99. The van der Waals surface area contributed by atoms with E-state index in [1.165, 1.54) is 19.1 Å². The van der Waals surface area contributed by atoms with Gasteiger partial charge in [0.1, 0.15) is 41.7 Å². The van der Waals surface area contributed by atoms with Crippen LogP contribution in [0.1, 0.15) is 65.8 Å². The molecule has 0 aliphatic carbocycles. The van der Waals surface area contributed by atoms with Crippen molar-refractivity contribution in [3.8, 4) is 11.5 Å². The van der Waals surface area contributed by atoms with E-state index < -0.39 is 54.3 Å². The van der Waals surface area contributed by atoms with Crippen LogP contribution in [0.2, 0.25) is 0 Å². The molecule has 38 heavy (non-hydrogen) atoms. The number of hydrogen-bond donors (Lipinski definition) is 6. The third-order valence-electron chi connectivity index (χ3n) is 7.17. The van der Waals surface area contributed by atoms with Crippen LogP contribution in [-0.2, 0) is 9.53 Å². The molecule has 1 fully saturated rings. The van der Waals surface area contributed by atoms with Crippen LogP contribution in [0.15, 0.2) is 18.2 Å². The van der Waals surface area contributed by atoms with Crippen LogP contribution in [0.3, 0.4) is 0 Å². The van der Waals surface area contributed by atoms with Crippen molar-refractivity contribution in [2.24, 2.45) is 5.92 Å². The zero-order valence-corrected chi connectivity index (χ0v) is 21.5. The molecule has 6 atom stereocenters. The van der Waals surface area contributed by atoms with Gasteiger partial charge in [-0.25, -0.2) is 4.79 Å². The van der Waals surface area contributed by atoms with Crippen molar-refractivity contribution in [1.82, 2.24) is 0 Å². The first-order valence-electron chi connectivity index (χ1n) is 12.3. The van der Waals surface area contributed by atoms with Crippen LogP contribution in [0, 0.1) is 12.8 Å². The van der Waals surface area contributed by atoms with Gasteiger partial charge in [-0.05, 0) is 62.1 Å². The highest BCUT2D eigenvalue weighted by Crippen LogP contribution is 2.42. The minimum Gasteiger partial charge on any atom is -0.506 e. The minimum absolute atomic E-state index is 0.00174. The van der Waals surface area contributed by atoms with Crippen molar-refractivity contribution < 1.29 is 54.5 Å². The number of carboxylic acid groups (broad SMARTS) is 1. The summed E-state index contributed by atoms with van der Waals surface area (Å²) < 4.78 is 11.4. The molecule has 11 heteroatoms. The number of hydrogen-bond acceptors (Lipinski definition) is 10. The maximum absolute atomic E-state index is 12.2. The van der Waals surface area contributed by atoms with Gasteiger partial charge in [0.05, 0.1) is 23.1 Å². The quantitative estimate of drug-likeness (QED) is 0.182. The van der Waals surface area contributed by atoms with E-state index in [0.717, 1.165) is 12.4 Å². The van der Waals surface area contributed by atoms with Crippen molar-refractivity contribution in [1.29, 1.82) is 0 Å². The zero-order chi connectivity index (χ0) is 28.4. The van der Waals surface area contributed by atoms with Gasteiger partial charge in [0.25, 0.3) is 0 Å². The van der Waals surface area contributed by atoms with Crippen LogP contribution < -0.4 is 4.74 Å². The fraction of sp³-hybridized carbons (Fsp3) is 0.519. The number of aldehydes is 1. The predicted molar refractivity (Wildman–Crippen MR) is 134 cm³/mol. The third kappa shape index (κ3) is 5.67. The highest BCUT2D eigenvalue weighted by atomic mass is 16.7. The summed E-state index contributed by atoms with van der Waals surface area (Å²) >= 11 is 0. The fourth-order valence-corrected chi connectivity index (χ4v) is 4.98. The molecule has 2 aromatic rings. The molecule has 0 radical (unpaired) electrons. The number of ether oxygens (including phenoxy) is 2. The smallest absolute Gasteiger partial charge is 0.335 e. The van der Waals surface area contributed by atoms with Gasteiger partial charge in [0.2, 0.25) is 6.29 Å². The number of carboxylic acids is 1. The second-order valence-corrected chi connectivity index (χ2v) is 9.96. The monoisotopic (exact) mass is 534 g/mol. The molecule has 0 spiro atoms. The molecule has 1 heterocycles. The second-order valence-electron chi connectivity index (χ2n) is 9.96. The topological polar surface area (TPSA) is 191 Å². The summed E-state index contributed by atoms with van der Waals surface area (Å²) in [4.78, 5) is 34.5. The number of aryl methyl sites for hydroxylation is 1. The van der Waals surface area contributed by atoms with E-state index >= 15 is 0 Å². The Morgan fingerprint density at radius 1 is 1.21 bits per heavy atom. The van der Waals surface area contributed by atoms with Crippen molar-refractivity contribution in [3.05, 3.63) is 34.9 Å². The molecule has 6 unspecified atom stereocenters. The van der Waals surface area contributed by atoms with Crippen LogP contribution in [0.25, 0.3) is 10.8 Å². The van der Waals surface area contributed by atoms with Gasteiger partial charge in [-0.2, -0.15) is 0 Å². The fourth-order valence-electron chi connectivity index (χ4n) is 4.98. The molecule has 0 aromatic heterocycles. The molecule has 3 rings (SSSR count). The highest BCUT2D eigenvalue weighted by molar-refractivity contribution is 6.08. The van der Waals surface area contributed by atoms with E-state index in [2.05, 4.69) is 0 Å². The lowest BCUT2D eigenvalue weighted by atomic mass is 9.79. The Morgan fingerprint density at radius 2 is 1.89 bits per heavy atom. The number of aliphatic hydroxyl groups is 4. The first-order valence-corrected chi connectivity index (χ1v) is 12.3. The summed E-state index contributed by atoms with van der Waals surface area (Å²) in [6.07, 6.45) is -4.73. The maximum atomic E-state index is 12.2. The molecule has 1 aliphatic rings. The average Bonchev–Trinajstić information content (AvgIpc) is 2.85. The SMILES string of the molecule is CC(=O)c1c(C)cc2cc(C(=O)O)cc(OC3OC(CO)C(O)(CCC(C)CCC=O)C(O)C3O)c2c1O. The summed E-state index contributed by atoms with van der Waals surface area (Å²) in [6.45, 7) is 3.97. The standard InChI is InChI=1S/C27H34O11/c1-13(5-4-8-28)6-7-27(36)19(12-29)38-26(23(32)24(27)33)37-18-11-17(25(34)35)10-16-9-14(2)20(15(3)30)22(31)21(16)18/h8-11,13,19,23-24,26,29,31-33,36H,4-7,12H2,1-3H3,(H,34,35). The molecule has 2 aromatic carbocycles. The number of rotatable bonds is 11. The minimum atomic E-state index is -2.05. The number of ketones is 1. The number of benzene rings is 2. The number of carbonyl (C=O) groups is 3. The summed E-state index contributed by atoms with van der Waals surface area (Å²) in [6, 6.07) is 3.88. The Morgan fingerprint density at radius 3 is 2.47 bits per heavy atom. The van der Waals surface area contributed by atoms with E-state index in [4.69, 9.17) is 9.47 Å². The van der Waals surface area contributed by atoms with Crippen molar-refractivity contribution in [2.45, 2.75) is 76.7 Å². The lowest BCUT2D eigenvalue weighted by Gasteiger charge is -2.48.